The molecular formula is C26H32F2N4O2. The van der Waals surface area contributed by atoms with E-state index in [4.69, 9.17) is 9.84 Å². The molecule has 1 amide bonds. The standard InChI is InChI=1S/C26H32F2N4O2/c1-31(2)12-6-11-29-26(33)21-15-23-19(17-32(30-23)16-18-7-4-3-5-8-18)13-25(21)34-24-10-9-20(27)14-22(24)28/h9-10,13-15,17-18H,3-8,11-12,16H2,1-2H3,(H,29,33). The fraction of sp³-hybridized carbons (Fsp3) is 0.462. The predicted octanol–water partition coefficient (Wildman–Crippen LogP) is 5.37. The Labute approximate surface area is 198 Å². The number of amides is 1. The Balaban J connectivity index is 1.61. The van der Waals surface area contributed by atoms with Gasteiger partial charge in [-0.1, -0.05) is 19.3 Å². The van der Waals surface area contributed by atoms with E-state index in [2.05, 4.69) is 5.32 Å². The summed E-state index contributed by atoms with van der Waals surface area (Å²) in [6.45, 7) is 2.17. The van der Waals surface area contributed by atoms with Crippen molar-refractivity contribution < 1.29 is 18.3 Å². The highest BCUT2D eigenvalue weighted by Gasteiger charge is 2.19. The maximum Gasteiger partial charge on any atom is 0.255 e. The van der Waals surface area contributed by atoms with Crippen LogP contribution in [0.25, 0.3) is 10.9 Å². The van der Waals surface area contributed by atoms with Crippen molar-refractivity contribution in [1.82, 2.24) is 20.0 Å². The third kappa shape index (κ3) is 6.11. The number of hydrogen-bond acceptors (Lipinski definition) is 4. The molecule has 0 spiro atoms. The number of fused-ring (bicyclic) bond motifs is 1. The van der Waals surface area contributed by atoms with Gasteiger partial charge in [-0.05, 0) is 70.1 Å². The van der Waals surface area contributed by atoms with Crippen molar-refractivity contribution in [2.45, 2.75) is 45.1 Å². The first kappa shape index (κ1) is 24.1. The van der Waals surface area contributed by atoms with Crippen LogP contribution in [0.15, 0.2) is 36.5 Å². The van der Waals surface area contributed by atoms with E-state index in [1.165, 1.54) is 38.2 Å². The molecule has 1 heterocycles. The highest BCUT2D eigenvalue weighted by Crippen LogP contribution is 2.32. The fourth-order valence-electron chi connectivity index (χ4n) is 4.46. The monoisotopic (exact) mass is 470 g/mol. The zero-order valence-corrected chi connectivity index (χ0v) is 19.8. The molecule has 34 heavy (non-hydrogen) atoms. The molecule has 1 aromatic heterocycles. The Kier molecular flexibility index (Phi) is 7.77. The molecular weight excluding hydrogens is 438 g/mol. The highest BCUT2D eigenvalue weighted by molar-refractivity contribution is 6.01. The quantitative estimate of drug-likeness (QED) is 0.427. The molecule has 0 bridgehead atoms. The second kappa shape index (κ2) is 11.0. The number of hydrogen-bond donors (Lipinski definition) is 1. The van der Waals surface area contributed by atoms with Crippen LogP contribution in [0.4, 0.5) is 8.78 Å². The summed E-state index contributed by atoms with van der Waals surface area (Å²) in [7, 11) is 3.95. The Morgan fingerprint density at radius 2 is 1.94 bits per heavy atom. The largest absolute Gasteiger partial charge is 0.453 e. The summed E-state index contributed by atoms with van der Waals surface area (Å²) in [6.07, 6.45) is 8.95. The highest BCUT2D eigenvalue weighted by atomic mass is 19.1. The van der Waals surface area contributed by atoms with E-state index in [1.807, 2.05) is 29.9 Å². The van der Waals surface area contributed by atoms with Gasteiger partial charge in [0, 0.05) is 30.7 Å². The van der Waals surface area contributed by atoms with E-state index in [0.29, 0.717) is 18.0 Å². The second-order valence-electron chi connectivity index (χ2n) is 9.35. The van der Waals surface area contributed by atoms with Gasteiger partial charge < -0.3 is 15.0 Å². The number of benzene rings is 2. The Hall–Kier alpha value is -3.00. The normalized spacial score (nSPS) is 14.6. The minimum atomic E-state index is -0.828. The van der Waals surface area contributed by atoms with Crippen molar-refractivity contribution in [1.29, 1.82) is 0 Å². The summed E-state index contributed by atoms with van der Waals surface area (Å²) >= 11 is 0. The number of ether oxygens (including phenoxy) is 1. The van der Waals surface area contributed by atoms with Gasteiger partial charge in [-0.25, -0.2) is 8.78 Å². The van der Waals surface area contributed by atoms with E-state index < -0.39 is 11.6 Å². The number of aromatic nitrogens is 2. The Morgan fingerprint density at radius 3 is 2.68 bits per heavy atom. The van der Waals surface area contributed by atoms with Crippen LogP contribution >= 0.6 is 0 Å². The van der Waals surface area contributed by atoms with E-state index >= 15 is 0 Å². The van der Waals surface area contributed by atoms with Gasteiger partial charge in [0.1, 0.15) is 11.6 Å². The van der Waals surface area contributed by atoms with E-state index in [9.17, 15) is 13.6 Å². The van der Waals surface area contributed by atoms with Crippen molar-refractivity contribution in [2.24, 2.45) is 5.92 Å². The van der Waals surface area contributed by atoms with Crippen molar-refractivity contribution >= 4 is 16.8 Å². The van der Waals surface area contributed by atoms with Crippen LogP contribution < -0.4 is 10.1 Å². The van der Waals surface area contributed by atoms with Crippen LogP contribution in [-0.4, -0.2) is 47.8 Å². The SMILES string of the molecule is CN(C)CCCNC(=O)c1cc2nn(CC3CCCCC3)cc2cc1Oc1ccc(F)cc1F. The zero-order chi connectivity index (χ0) is 24.1. The number of nitrogens with one attached hydrogen (secondary N) is 1. The molecule has 1 aliphatic carbocycles. The average molecular weight is 471 g/mol. The summed E-state index contributed by atoms with van der Waals surface area (Å²) in [5.41, 5.74) is 0.949. The lowest BCUT2D eigenvalue weighted by molar-refractivity contribution is 0.0950. The molecule has 1 aliphatic rings. The lowest BCUT2D eigenvalue weighted by Gasteiger charge is -2.21. The van der Waals surface area contributed by atoms with Gasteiger partial charge in [-0.3, -0.25) is 9.48 Å². The van der Waals surface area contributed by atoms with Crippen LogP contribution in [0.3, 0.4) is 0 Å². The molecule has 0 saturated heterocycles. The summed E-state index contributed by atoms with van der Waals surface area (Å²) in [4.78, 5) is 15.1. The van der Waals surface area contributed by atoms with Crippen LogP contribution in [0.5, 0.6) is 11.5 Å². The number of carbonyl (C=O) groups excluding carboxylic acids is 1. The first-order chi connectivity index (χ1) is 16.4. The molecule has 1 saturated carbocycles. The van der Waals surface area contributed by atoms with Gasteiger partial charge in [0.25, 0.3) is 5.91 Å². The van der Waals surface area contributed by atoms with Gasteiger partial charge in [0.15, 0.2) is 11.6 Å². The molecule has 4 rings (SSSR count). The molecule has 6 nitrogen and oxygen atoms in total. The maximum absolute atomic E-state index is 14.3. The summed E-state index contributed by atoms with van der Waals surface area (Å²) < 4.78 is 35.4. The van der Waals surface area contributed by atoms with Gasteiger partial charge in [0.05, 0.1) is 11.1 Å². The first-order valence-corrected chi connectivity index (χ1v) is 12.0. The fourth-order valence-corrected chi connectivity index (χ4v) is 4.46. The molecule has 182 valence electrons. The lowest BCUT2D eigenvalue weighted by Crippen LogP contribution is -2.27. The van der Waals surface area contributed by atoms with Crippen molar-refractivity contribution in [3.8, 4) is 11.5 Å². The molecule has 1 N–H and O–H groups in total. The van der Waals surface area contributed by atoms with Crippen molar-refractivity contribution in [3.05, 3.63) is 53.7 Å². The van der Waals surface area contributed by atoms with Gasteiger partial charge in [-0.2, -0.15) is 5.10 Å². The van der Waals surface area contributed by atoms with Crippen molar-refractivity contribution in [3.63, 3.8) is 0 Å². The van der Waals surface area contributed by atoms with Gasteiger partial charge in [-0.15, -0.1) is 0 Å². The Bertz CT molecular complexity index is 1140. The Morgan fingerprint density at radius 1 is 1.15 bits per heavy atom. The third-order valence-electron chi connectivity index (χ3n) is 6.25. The van der Waals surface area contributed by atoms with E-state index in [0.717, 1.165) is 37.0 Å². The van der Waals surface area contributed by atoms with E-state index in [1.54, 1.807) is 12.1 Å². The molecule has 3 aromatic rings. The molecule has 2 aromatic carbocycles. The van der Waals surface area contributed by atoms with E-state index in [-0.39, 0.29) is 23.0 Å². The maximum atomic E-state index is 14.3. The van der Waals surface area contributed by atoms with Crippen LogP contribution in [-0.2, 0) is 6.54 Å². The number of rotatable bonds is 9. The minimum Gasteiger partial charge on any atom is -0.453 e. The van der Waals surface area contributed by atoms with Gasteiger partial charge >= 0.3 is 0 Å². The number of nitrogens with zero attached hydrogens (tertiary/aromatic N) is 3. The van der Waals surface area contributed by atoms with Crippen molar-refractivity contribution in [2.75, 3.05) is 27.2 Å². The summed E-state index contributed by atoms with van der Waals surface area (Å²) in [6, 6.07) is 6.50. The van der Waals surface area contributed by atoms with Crippen LogP contribution in [0, 0.1) is 17.6 Å². The molecule has 0 unspecified atom stereocenters. The predicted molar refractivity (Wildman–Crippen MR) is 128 cm³/mol. The van der Waals surface area contributed by atoms with Crippen LogP contribution in [0.2, 0.25) is 0 Å². The summed E-state index contributed by atoms with van der Waals surface area (Å²) in [5, 5.41) is 8.41. The topological polar surface area (TPSA) is 59.4 Å². The number of halogens is 2. The molecule has 1 fully saturated rings. The third-order valence-corrected chi connectivity index (χ3v) is 6.25. The summed E-state index contributed by atoms with van der Waals surface area (Å²) in [5.74, 6) is -1.17. The lowest BCUT2D eigenvalue weighted by atomic mass is 9.89. The first-order valence-electron chi connectivity index (χ1n) is 12.0. The smallest absolute Gasteiger partial charge is 0.255 e. The number of carbonyl (C=O) groups is 1. The minimum absolute atomic E-state index is 0.142. The zero-order valence-electron chi connectivity index (χ0n) is 19.8. The molecule has 0 atom stereocenters. The van der Waals surface area contributed by atoms with Crippen LogP contribution in [0.1, 0.15) is 48.9 Å². The average Bonchev–Trinajstić information content (AvgIpc) is 3.19. The second-order valence-corrected chi connectivity index (χ2v) is 9.35. The van der Waals surface area contributed by atoms with Gasteiger partial charge in [0.2, 0.25) is 0 Å². The molecule has 8 heteroatoms. The molecule has 0 aliphatic heterocycles. The molecule has 0 radical (unpaired) electrons.